The van der Waals surface area contributed by atoms with Crippen molar-refractivity contribution in [2.45, 2.75) is 36.2 Å². The molecule has 2 N–H and O–H groups in total. The second kappa shape index (κ2) is 5.05. The minimum atomic E-state index is -0.930. The number of aromatic amines is 1. The van der Waals surface area contributed by atoms with Gasteiger partial charge < -0.3 is 10.3 Å². The van der Waals surface area contributed by atoms with Crippen molar-refractivity contribution < 1.29 is 13.6 Å². The van der Waals surface area contributed by atoms with Gasteiger partial charge in [0.25, 0.3) is 0 Å². The first kappa shape index (κ1) is 13.4. The molecule has 0 radical (unpaired) electrons. The summed E-state index contributed by atoms with van der Waals surface area (Å²) in [5, 5.41) is 3.07. The van der Waals surface area contributed by atoms with Crippen LogP contribution in [0.15, 0.2) is 17.3 Å². The molecule has 7 heteroatoms. The van der Waals surface area contributed by atoms with Crippen molar-refractivity contribution in [2.24, 2.45) is 0 Å². The predicted molar refractivity (Wildman–Crippen MR) is 72.5 cm³/mol. The molecule has 1 amide bonds. The van der Waals surface area contributed by atoms with Crippen LogP contribution in [0.1, 0.15) is 19.8 Å². The number of carbonyl (C=O) groups is 1. The molecular formula is C13H13F2N3OS. The van der Waals surface area contributed by atoms with Crippen LogP contribution < -0.4 is 5.32 Å². The van der Waals surface area contributed by atoms with Crippen molar-refractivity contribution in [1.29, 1.82) is 0 Å². The number of nitrogens with zero attached hydrogens (tertiary/aromatic N) is 1. The predicted octanol–water partition coefficient (Wildman–Crippen LogP) is 2.60. The number of imidazole rings is 1. The van der Waals surface area contributed by atoms with Gasteiger partial charge in [0.05, 0.1) is 16.3 Å². The number of nitrogens with one attached hydrogen (secondary N) is 2. The van der Waals surface area contributed by atoms with Crippen molar-refractivity contribution >= 4 is 28.7 Å². The molecule has 1 aliphatic rings. The van der Waals surface area contributed by atoms with Crippen LogP contribution in [0.2, 0.25) is 0 Å². The fraction of sp³-hybridized carbons (Fsp3) is 0.385. The van der Waals surface area contributed by atoms with E-state index in [1.165, 1.54) is 11.8 Å². The molecule has 0 saturated heterocycles. The van der Waals surface area contributed by atoms with Gasteiger partial charge in [0.2, 0.25) is 5.91 Å². The maximum Gasteiger partial charge on any atom is 0.233 e. The lowest BCUT2D eigenvalue weighted by Gasteiger charge is -2.09. The standard InChI is InChI=1S/C13H13F2N3OS/c1-6(12(19)16-7-2-3-7)20-13-17-10-4-8(14)9(15)5-11(10)18-13/h4-7H,2-3H2,1H3,(H,16,19)(H,17,18). The van der Waals surface area contributed by atoms with Crippen molar-refractivity contribution in [2.75, 3.05) is 0 Å². The average Bonchev–Trinajstić information content (AvgIpc) is 3.11. The van der Waals surface area contributed by atoms with Gasteiger partial charge >= 0.3 is 0 Å². The molecule has 1 heterocycles. The van der Waals surface area contributed by atoms with Gasteiger partial charge in [-0.25, -0.2) is 13.8 Å². The largest absolute Gasteiger partial charge is 0.352 e. The fourth-order valence-electron chi connectivity index (χ4n) is 1.80. The number of thioether (sulfide) groups is 1. The molecule has 1 aliphatic carbocycles. The minimum Gasteiger partial charge on any atom is -0.352 e. The number of hydrogen-bond donors (Lipinski definition) is 2. The third-order valence-corrected chi connectivity index (χ3v) is 4.07. The van der Waals surface area contributed by atoms with Gasteiger partial charge in [0.15, 0.2) is 16.8 Å². The Kier molecular flexibility index (Phi) is 3.37. The summed E-state index contributed by atoms with van der Waals surface area (Å²) in [6, 6.07) is 2.42. The Morgan fingerprint density at radius 3 is 2.85 bits per heavy atom. The highest BCUT2D eigenvalue weighted by Gasteiger charge is 2.26. The summed E-state index contributed by atoms with van der Waals surface area (Å²) < 4.78 is 26.2. The first-order chi connectivity index (χ1) is 9.52. The highest BCUT2D eigenvalue weighted by atomic mass is 32.2. The van der Waals surface area contributed by atoms with E-state index in [0.29, 0.717) is 22.2 Å². The normalized spacial score (nSPS) is 16.4. The first-order valence-corrected chi connectivity index (χ1v) is 7.22. The molecule has 1 fully saturated rings. The monoisotopic (exact) mass is 297 g/mol. The lowest BCUT2D eigenvalue weighted by Crippen LogP contribution is -2.32. The maximum atomic E-state index is 13.1. The number of fused-ring (bicyclic) bond motifs is 1. The summed E-state index contributed by atoms with van der Waals surface area (Å²) in [4.78, 5) is 18.9. The van der Waals surface area contributed by atoms with Crippen molar-refractivity contribution in [1.82, 2.24) is 15.3 Å². The van der Waals surface area contributed by atoms with Gasteiger partial charge in [-0.2, -0.15) is 0 Å². The highest BCUT2D eigenvalue weighted by Crippen LogP contribution is 2.26. The SMILES string of the molecule is CC(Sc1nc2cc(F)c(F)cc2[nH]1)C(=O)NC1CC1. The number of H-pyrrole nitrogens is 1. The van der Waals surface area contributed by atoms with Crippen LogP contribution in [0.3, 0.4) is 0 Å². The summed E-state index contributed by atoms with van der Waals surface area (Å²) in [5.74, 6) is -1.90. The van der Waals surface area contributed by atoms with Gasteiger partial charge in [-0.15, -0.1) is 0 Å². The highest BCUT2D eigenvalue weighted by molar-refractivity contribution is 8.00. The smallest absolute Gasteiger partial charge is 0.233 e. The molecule has 20 heavy (non-hydrogen) atoms. The van der Waals surface area contributed by atoms with Crippen molar-refractivity contribution in [3.05, 3.63) is 23.8 Å². The van der Waals surface area contributed by atoms with Crippen LogP contribution in [-0.2, 0) is 4.79 Å². The van der Waals surface area contributed by atoms with Crippen molar-refractivity contribution in [3.8, 4) is 0 Å². The molecule has 1 aromatic heterocycles. The quantitative estimate of drug-likeness (QED) is 0.853. The van der Waals surface area contributed by atoms with E-state index in [1.54, 1.807) is 6.92 Å². The average molecular weight is 297 g/mol. The Hall–Kier alpha value is -1.63. The molecule has 1 unspecified atom stereocenters. The number of amides is 1. The van der Waals surface area contributed by atoms with Crippen LogP contribution in [0.25, 0.3) is 11.0 Å². The zero-order chi connectivity index (χ0) is 14.3. The van der Waals surface area contributed by atoms with Crippen LogP contribution >= 0.6 is 11.8 Å². The lowest BCUT2D eigenvalue weighted by molar-refractivity contribution is -0.120. The first-order valence-electron chi connectivity index (χ1n) is 6.35. The summed E-state index contributed by atoms with van der Waals surface area (Å²) in [6.07, 6.45) is 2.07. The fourth-order valence-corrected chi connectivity index (χ4v) is 2.63. The van der Waals surface area contributed by atoms with E-state index in [-0.39, 0.29) is 11.2 Å². The zero-order valence-corrected chi connectivity index (χ0v) is 11.6. The van der Waals surface area contributed by atoms with Gasteiger partial charge in [-0.1, -0.05) is 11.8 Å². The Balaban J connectivity index is 1.74. The van der Waals surface area contributed by atoms with Gasteiger partial charge in [-0.3, -0.25) is 4.79 Å². The Morgan fingerprint density at radius 1 is 1.45 bits per heavy atom. The van der Waals surface area contributed by atoms with E-state index >= 15 is 0 Å². The lowest BCUT2D eigenvalue weighted by atomic mass is 10.3. The van der Waals surface area contributed by atoms with E-state index in [2.05, 4.69) is 15.3 Å². The van der Waals surface area contributed by atoms with E-state index in [4.69, 9.17) is 0 Å². The summed E-state index contributed by atoms with van der Waals surface area (Å²) in [6.45, 7) is 1.77. The number of carbonyl (C=O) groups excluding carboxylic acids is 1. The van der Waals surface area contributed by atoms with Gasteiger partial charge in [0.1, 0.15) is 0 Å². The van der Waals surface area contributed by atoms with Crippen LogP contribution in [0, 0.1) is 11.6 Å². The number of aromatic nitrogens is 2. The topological polar surface area (TPSA) is 57.8 Å². The number of benzene rings is 1. The summed E-state index contributed by atoms with van der Waals surface area (Å²) >= 11 is 1.24. The summed E-state index contributed by atoms with van der Waals surface area (Å²) in [7, 11) is 0. The van der Waals surface area contributed by atoms with E-state index in [9.17, 15) is 13.6 Å². The Bertz CT molecular complexity index is 630. The van der Waals surface area contributed by atoms with Crippen LogP contribution in [0.5, 0.6) is 0 Å². The molecule has 1 atom stereocenters. The van der Waals surface area contributed by atoms with E-state index in [0.717, 1.165) is 25.0 Å². The van der Waals surface area contributed by atoms with Crippen LogP contribution in [0.4, 0.5) is 8.78 Å². The Labute approximate surface area is 118 Å². The van der Waals surface area contributed by atoms with Gasteiger partial charge in [-0.05, 0) is 19.8 Å². The third kappa shape index (κ3) is 2.77. The molecule has 3 rings (SSSR count). The number of hydrogen-bond acceptors (Lipinski definition) is 3. The second-order valence-electron chi connectivity index (χ2n) is 4.87. The summed E-state index contributed by atoms with van der Waals surface area (Å²) in [5.41, 5.74) is 0.766. The molecular weight excluding hydrogens is 284 g/mol. The van der Waals surface area contributed by atoms with Crippen molar-refractivity contribution in [3.63, 3.8) is 0 Å². The van der Waals surface area contributed by atoms with E-state index < -0.39 is 11.6 Å². The molecule has 0 spiro atoms. The minimum absolute atomic E-state index is 0.0460. The molecule has 1 aromatic carbocycles. The molecule has 0 bridgehead atoms. The van der Waals surface area contributed by atoms with Crippen LogP contribution in [-0.4, -0.2) is 27.2 Å². The molecule has 4 nitrogen and oxygen atoms in total. The Morgan fingerprint density at radius 2 is 2.15 bits per heavy atom. The molecule has 0 aliphatic heterocycles. The maximum absolute atomic E-state index is 13.1. The zero-order valence-electron chi connectivity index (χ0n) is 10.7. The molecule has 106 valence electrons. The number of halogens is 2. The molecule has 2 aromatic rings. The van der Waals surface area contributed by atoms with E-state index in [1.807, 2.05) is 0 Å². The van der Waals surface area contributed by atoms with Gasteiger partial charge in [0, 0.05) is 18.2 Å². The second-order valence-corrected chi connectivity index (χ2v) is 6.20. The molecule has 1 saturated carbocycles. The third-order valence-electron chi connectivity index (χ3n) is 3.08. The number of rotatable bonds is 4.